The van der Waals surface area contributed by atoms with Gasteiger partial charge in [-0.25, -0.2) is 8.42 Å². The third-order valence-corrected chi connectivity index (χ3v) is 6.70. The van der Waals surface area contributed by atoms with E-state index >= 15 is 0 Å². The van der Waals surface area contributed by atoms with Crippen molar-refractivity contribution < 1.29 is 18.6 Å². The average molecular weight is 335 g/mol. The summed E-state index contributed by atoms with van der Waals surface area (Å²) in [6, 6.07) is 6.74. The highest BCUT2D eigenvalue weighted by Gasteiger charge is 2.36. The van der Waals surface area contributed by atoms with Gasteiger partial charge in [-0.2, -0.15) is 0 Å². The van der Waals surface area contributed by atoms with E-state index in [2.05, 4.69) is 0 Å². The number of hydrogen-bond acceptors (Lipinski definition) is 4. The average Bonchev–Trinajstić information content (AvgIpc) is 2.41. The van der Waals surface area contributed by atoms with Crippen LogP contribution in [0.3, 0.4) is 0 Å². The maximum atomic E-state index is 12.2. The lowest BCUT2D eigenvalue weighted by atomic mass is 9.79. The Morgan fingerprint density at radius 1 is 1.05 bits per heavy atom. The molecular weight excluding hydrogens is 312 g/mol. The largest absolute Gasteiger partial charge is 0.395 e. The van der Waals surface area contributed by atoms with E-state index in [0.29, 0.717) is 10.6 Å². The first-order valence-corrected chi connectivity index (χ1v) is 8.81. The van der Waals surface area contributed by atoms with Crippen LogP contribution in [0.25, 0.3) is 0 Å². The Kier molecular flexibility index (Phi) is 5.83. The van der Waals surface area contributed by atoms with Gasteiger partial charge >= 0.3 is 0 Å². The molecule has 0 aliphatic heterocycles. The van der Waals surface area contributed by atoms with Crippen molar-refractivity contribution in [2.45, 2.75) is 37.4 Å². The van der Waals surface area contributed by atoms with Crippen LogP contribution in [0.1, 0.15) is 32.8 Å². The summed E-state index contributed by atoms with van der Waals surface area (Å²) in [5.41, 5.74) is -0.302. The number of benzene rings is 1. The molecule has 0 saturated heterocycles. The predicted octanol–water partition coefficient (Wildman–Crippen LogP) is 2.17. The molecule has 2 N–H and O–H groups in total. The molecule has 0 saturated carbocycles. The van der Waals surface area contributed by atoms with Gasteiger partial charge in [-0.05, 0) is 44.9 Å². The summed E-state index contributed by atoms with van der Waals surface area (Å²) in [7, 11) is -3.32. The van der Waals surface area contributed by atoms with E-state index in [0.717, 1.165) is 0 Å². The van der Waals surface area contributed by atoms with E-state index in [1.807, 2.05) is 0 Å². The lowest BCUT2D eigenvalue weighted by Crippen LogP contribution is -2.39. The summed E-state index contributed by atoms with van der Waals surface area (Å²) < 4.78 is 23.6. The highest BCUT2D eigenvalue weighted by atomic mass is 35.5. The van der Waals surface area contributed by atoms with Gasteiger partial charge in [-0.3, -0.25) is 0 Å². The molecule has 0 radical (unpaired) electrons. The van der Waals surface area contributed by atoms with Gasteiger partial charge in [-0.15, -0.1) is 0 Å². The van der Waals surface area contributed by atoms with E-state index < -0.39 is 20.0 Å². The molecule has 0 spiro atoms. The van der Waals surface area contributed by atoms with Crippen LogP contribution in [-0.2, 0) is 15.3 Å². The molecule has 0 aromatic heterocycles. The Labute approximate surface area is 131 Å². The normalized spacial score (nSPS) is 13.4. The van der Waals surface area contributed by atoms with Crippen molar-refractivity contribution in [3.8, 4) is 0 Å². The van der Waals surface area contributed by atoms with Gasteiger partial charge in [0.2, 0.25) is 0 Å². The zero-order valence-electron chi connectivity index (χ0n) is 12.6. The first-order chi connectivity index (χ1) is 9.58. The third-order valence-electron chi connectivity index (χ3n) is 3.84. The number of hydrogen-bond donors (Lipinski definition) is 2. The lowest BCUT2D eigenvalue weighted by Gasteiger charge is -2.31. The Hall–Kier alpha value is -0.620. The molecule has 6 heteroatoms. The molecule has 0 amide bonds. The van der Waals surface area contributed by atoms with Crippen LogP contribution >= 0.6 is 11.6 Å². The zero-order valence-corrected chi connectivity index (χ0v) is 14.2. The lowest BCUT2D eigenvalue weighted by molar-refractivity contribution is 0.113. The standard InChI is InChI=1S/C15H23ClO4S/c1-14(2,3)21(19,20)9-8-15(10-17,11-18)12-4-6-13(16)7-5-12/h4-7,17-18H,8-11H2,1-3H3. The topological polar surface area (TPSA) is 74.6 Å². The van der Waals surface area contributed by atoms with E-state index in [-0.39, 0.29) is 25.4 Å². The molecule has 0 fully saturated rings. The fraction of sp³-hybridized carbons (Fsp3) is 0.600. The molecule has 120 valence electrons. The van der Waals surface area contributed by atoms with Crippen LogP contribution in [-0.4, -0.2) is 42.3 Å². The van der Waals surface area contributed by atoms with Gasteiger partial charge in [-0.1, -0.05) is 23.7 Å². The first-order valence-electron chi connectivity index (χ1n) is 6.78. The molecule has 1 aromatic carbocycles. The van der Waals surface area contributed by atoms with Gasteiger partial charge < -0.3 is 10.2 Å². The van der Waals surface area contributed by atoms with Crippen LogP contribution in [0.4, 0.5) is 0 Å². The molecule has 1 rings (SSSR count). The number of halogens is 1. The van der Waals surface area contributed by atoms with Gasteiger partial charge in [0.25, 0.3) is 0 Å². The zero-order chi connectivity index (χ0) is 16.3. The van der Waals surface area contributed by atoms with Crippen LogP contribution in [0.2, 0.25) is 5.02 Å². The summed E-state index contributed by atoms with van der Waals surface area (Å²) >= 11 is 5.84. The summed E-state index contributed by atoms with van der Waals surface area (Å²) in [5, 5.41) is 20.0. The number of aliphatic hydroxyl groups is 2. The van der Waals surface area contributed by atoms with Crippen molar-refractivity contribution in [3.63, 3.8) is 0 Å². The Morgan fingerprint density at radius 2 is 1.52 bits per heavy atom. The molecule has 0 aliphatic rings. The van der Waals surface area contributed by atoms with Crippen LogP contribution in [0.15, 0.2) is 24.3 Å². The molecule has 0 unspecified atom stereocenters. The highest BCUT2D eigenvalue weighted by molar-refractivity contribution is 7.92. The minimum absolute atomic E-state index is 0.0970. The Bertz CT molecular complexity index is 554. The van der Waals surface area contributed by atoms with E-state index in [1.54, 1.807) is 45.0 Å². The van der Waals surface area contributed by atoms with Crippen molar-refractivity contribution in [3.05, 3.63) is 34.9 Å². The monoisotopic (exact) mass is 334 g/mol. The second-order valence-electron chi connectivity index (χ2n) is 6.28. The van der Waals surface area contributed by atoms with E-state index in [1.165, 1.54) is 0 Å². The number of rotatable bonds is 6. The second-order valence-corrected chi connectivity index (χ2v) is 9.58. The Morgan fingerprint density at radius 3 is 1.90 bits per heavy atom. The molecule has 21 heavy (non-hydrogen) atoms. The second kappa shape index (κ2) is 6.65. The summed E-state index contributed by atoms with van der Waals surface area (Å²) in [4.78, 5) is 0. The molecule has 0 heterocycles. The smallest absolute Gasteiger partial charge is 0.155 e. The van der Waals surface area contributed by atoms with E-state index in [9.17, 15) is 18.6 Å². The van der Waals surface area contributed by atoms with Crippen LogP contribution in [0, 0.1) is 0 Å². The fourth-order valence-corrected chi connectivity index (χ4v) is 3.37. The third kappa shape index (κ3) is 4.19. The van der Waals surface area contributed by atoms with E-state index in [4.69, 9.17) is 11.6 Å². The molecule has 0 atom stereocenters. The first kappa shape index (κ1) is 18.4. The summed E-state index contributed by atoms with van der Waals surface area (Å²) in [5.74, 6) is -0.0970. The van der Waals surface area contributed by atoms with Gasteiger partial charge in [0.05, 0.1) is 23.7 Å². The predicted molar refractivity (Wildman–Crippen MR) is 85.5 cm³/mol. The van der Waals surface area contributed by atoms with Crippen molar-refractivity contribution in [2.24, 2.45) is 0 Å². The Balaban J connectivity index is 3.05. The molecule has 0 aliphatic carbocycles. The molecule has 0 bridgehead atoms. The number of aliphatic hydroxyl groups excluding tert-OH is 2. The van der Waals surface area contributed by atoms with Crippen LogP contribution < -0.4 is 0 Å². The van der Waals surface area contributed by atoms with Gasteiger partial charge in [0, 0.05) is 10.4 Å². The number of sulfone groups is 1. The summed E-state index contributed by atoms with van der Waals surface area (Å²) in [6.07, 6.45) is 0.154. The van der Waals surface area contributed by atoms with Crippen molar-refractivity contribution >= 4 is 21.4 Å². The molecule has 1 aromatic rings. The van der Waals surface area contributed by atoms with Crippen molar-refractivity contribution in [2.75, 3.05) is 19.0 Å². The molecular formula is C15H23ClO4S. The minimum Gasteiger partial charge on any atom is -0.395 e. The quantitative estimate of drug-likeness (QED) is 0.836. The summed E-state index contributed by atoms with van der Waals surface area (Å²) in [6.45, 7) is 4.27. The van der Waals surface area contributed by atoms with Gasteiger partial charge in [0.15, 0.2) is 9.84 Å². The maximum Gasteiger partial charge on any atom is 0.155 e. The van der Waals surface area contributed by atoms with Crippen molar-refractivity contribution in [1.29, 1.82) is 0 Å². The van der Waals surface area contributed by atoms with Crippen molar-refractivity contribution in [1.82, 2.24) is 0 Å². The fourth-order valence-electron chi connectivity index (χ4n) is 1.97. The van der Waals surface area contributed by atoms with Crippen LogP contribution in [0.5, 0.6) is 0 Å². The highest BCUT2D eigenvalue weighted by Crippen LogP contribution is 2.30. The van der Waals surface area contributed by atoms with Gasteiger partial charge in [0.1, 0.15) is 0 Å². The molecule has 4 nitrogen and oxygen atoms in total. The minimum atomic E-state index is -3.32. The SMILES string of the molecule is CC(C)(C)S(=O)(=O)CCC(CO)(CO)c1ccc(Cl)cc1. The maximum absolute atomic E-state index is 12.2.